The minimum Gasteiger partial charge on any atom is -0.349 e. The van der Waals surface area contributed by atoms with Crippen LogP contribution in [0.3, 0.4) is 0 Å². The standard InChI is InChI=1S/C27H24ClFN6O2/c1-14(17-7-24(29)25(31-10-17)34-12-18-6-23(18)27(34)37)35-13-19(11-32-35)26(36)33-21-4-16(5-21)22-8-20(28)3-2-15(22)9-30/h2-3,7-8,10-11,13-14,16,18,21,23H,4-6,12H2,1H3,(H,33,36)/t14?,16-,18-,21+,23-/m1/s1. The van der Waals surface area contributed by atoms with Gasteiger partial charge in [0.15, 0.2) is 11.6 Å². The van der Waals surface area contributed by atoms with Gasteiger partial charge in [-0.2, -0.15) is 10.4 Å². The zero-order valence-electron chi connectivity index (χ0n) is 20.1. The molecule has 2 amide bonds. The maximum absolute atomic E-state index is 14.9. The first kappa shape index (κ1) is 23.6. The quantitative estimate of drug-likeness (QED) is 0.526. The van der Waals surface area contributed by atoms with Gasteiger partial charge in [-0.25, -0.2) is 9.37 Å². The second-order valence-electron chi connectivity index (χ2n) is 10.2. The Kier molecular flexibility index (Phi) is 5.72. The number of nitriles is 1. The van der Waals surface area contributed by atoms with Crippen LogP contribution >= 0.6 is 11.6 Å². The Hall–Kier alpha value is -3.77. The lowest BCUT2D eigenvalue weighted by Crippen LogP contribution is -2.43. The molecule has 37 heavy (non-hydrogen) atoms. The van der Waals surface area contributed by atoms with Gasteiger partial charge in [-0.15, -0.1) is 0 Å². The van der Waals surface area contributed by atoms with Crippen molar-refractivity contribution in [2.24, 2.45) is 11.8 Å². The summed E-state index contributed by atoms with van der Waals surface area (Å²) < 4.78 is 16.5. The van der Waals surface area contributed by atoms with Crippen LogP contribution in [0.2, 0.25) is 5.02 Å². The molecule has 0 radical (unpaired) electrons. The number of hydrogen-bond donors (Lipinski definition) is 1. The van der Waals surface area contributed by atoms with Crippen LogP contribution in [0, 0.1) is 29.0 Å². The van der Waals surface area contributed by atoms with Crippen LogP contribution < -0.4 is 10.2 Å². The zero-order valence-corrected chi connectivity index (χ0v) is 20.8. The minimum atomic E-state index is -0.539. The average molecular weight is 519 g/mol. The molecule has 0 bridgehead atoms. The highest BCUT2D eigenvalue weighted by atomic mass is 35.5. The van der Waals surface area contributed by atoms with Crippen LogP contribution in [0.1, 0.15) is 65.2 Å². The summed E-state index contributed by atoms with van der Waals surface area (Å²) in [5.41, 5.74) is 2.52. The summed E-state index contributed by atoms with van der Waals surface area (Å²) in [6, 6.07) is 8.47. The topological polar surface area (TPSA) is 104 Å². The summed E-state index contributed by atoms with van der Waals surface area (Å²) in [7, 11) is 0. The molecule has 3 atom stereocenters. The van der Waals surface area contributed by atoms with Crippen molar-refractivity contribution in [1.29, 1.82) is 5.26 Å². The smallest absolute Gasteiger partial charge is 0.254 e. The number of benzene rings is 1. The molecule has 2 aromatic heterocycles. The van der Waals surface area contributed by atoms with Gasteiger partial charge in [-0.3, -0.25) is 19.2 Å². The number of nitrogens with one attached hydrogen (secondary N) is 1. The van der Waals surface area contributed by atoms with E-state index in [-0.39, 0.29) is 41.6 Å². The van der Waals surface area contributed by atoms with Crippen molar-refractivity contribution < 1.29 is 14.0 Å². The highest BCUT2D eigenvalue weighted by Crippen LogP contribution is 2.47. The molecule has 3 aliphatic rings. The molecule has 3 heterocycles. The number of piperidine rings is 1. The summed E-state index contributed by atoms with van der Waals surface area (Å²) >= 11 is 6.10. The van der Waals surface area contributed by atoms with Gasteiger partial charge in [-0.1, -0.05) is 11.6 Å². The second kappa shape index (κ2) is 8.96. The minimum absolute atomic E-state index is 0.00558. The predicted octanol–water partition coefficient (Wildman–Crippen LogP) is 4.21. The third-order valence-corrected chi connectivity index (χ3v) is 8.05. The molecule has 3 aromatic rings. The number of pyridine rings is 1. The van der Waals surface area contributed by atoms with Gasteiger partial charge in [0.2, 0.25) is 5.91 Å². The maximum atomic E-state index is 14.9. The zero-order chi connectivity index (χ0) is 25.8. The number of halogens is 2. The van der Waals surface area contributed by atoms with Crippen LogP contribution in [0.4, 0.5) is 10.2 Å². The van der Waals surface area contributed by atoms with Gasteiger partial charge in [-0.05, 0) is 73.4 Å². The van der Waals surface area contributed by atoms with E-state index in [0.717, 1.165) is 24.8 Å². The molecular formula is C27H24ClFN6O2. The first-order valence-electron chi connectivity index (χ1n) is 12.3. The van der Waals surface area contributed by atoms with Crippen molar-refractivity contribution in [2.45, 2.75) is 44.2 Å². The fourth-order valence-corrected chi connectivity index (χ4v) is 5.57. The Balaban J connectivity index is 1.08. The molecule has 3 fully saturated rings. The summed E-state index contributed by atoms with van der Waals surface area (Å²) in [4.78, 5) is 30.8. The highest BCUT2D eigenvalue weighted by Gasteiger charge is 2.53. The number of nitrogens with zero attached hydrogens (tertiary/aromatic N) is 5. The Labute approximate surface area is 218 Å². The molecule has 2 aliphatic carbocycles. The van der Waals surface area contributed by atoms with Crippen molar-refractivity contribution in [3.05, 3.63) is 75.9 Å². The van der Waals surface area contributed by atoms with E-state index < -0.39 is 5.82 Å². The SMILES string of the molecule is CC(c1cnc(N2C[C@H]3C[C@H]3C2=O)c(F)c1)n1cc(C(=O)N[C@H]2C[C@@H](c3cc(Cl)ccc3C#N)C2)cn1. The van der Waals surface area contributed by atoms with E-state index >= 15 is 0 Å². The molecule has 10 heteroatoms. The van der Waals surface area contributed by atoms with Crippen molar-refractivity contribution in [3.8, 4) is 6.07 Å². The van der Waals surface area contributed by atoms with Gasteiger partial charge in [0, 0.05) is 35.9 Å². The molecule has 0 spiro atoms. The fraction of sp³-hybridized carbons (Fsp3) is 0.370. The largest absolute Gasteiger partial charge is 0.349 e. The monoisotopic (exact) mass is 518 g/mol. The number of rotatable bonds is 6. The maximum Gasteiger partial charge on any atom is 0.254 e. The number of carbonyl (C=O) groups excluding carboxylic acids is 2. The summed E-state index contributed by atoms with van der Waals surface area (Å²) in [6.07, 6.45) is 7.02. The number of carbonyl (C=O) groups is 2. The molecule has 188 valence electrons. The van der Waals surface area contributed by atoms with Crippen LogP contribution in [0.15, 0.2) is 42.9 Å². The lowest BCUT2D eigenvalue weighted by atomic mass is 9.74. The van der Waals surface area contributed by atoms with E-state index in [4.69, 9.17) is 11.6 Å². The first-order chi connectivity index (χ1) is 17.8. The summed E-state index contributed by atoms with van der Waals surface area (Å²) in [5, 5.41) is 17.3. The van der Waals surface area contributed by atoms with Gasteiger partial charge in [0.25, 0.3) is 5.91 Å². The Morgan fingerprint density at radius 2 is 2.08 bits per heavy atom. The fourth-order valence-electron chi connectivity index (χ4n) is 5.39. The number of aromatic nitrogens is 3. The second-order valence-corrected chi connectivity index (χ2v) is 10.6. The molecule has 1 unspecified atom stereocenters. The van der Waals surface area contributed by atoms with Gasteiger partial charge in [0.1, 0.15) is 0 Å². The number of fused-ring (bicyclic) bond motifs is 1. The molecule has 6 rings (SSSR count). The van der Waals surface area contributed by atoms with E-state index in [1.54, 1.807) is 29.2 Å². The van der Waals surface area contributed by atoms with E-state index in [1.165, 1.54) is 17.2 Å². The average Bonchev–Trinajstić information content (AvgIpc) is 3.32. The molecule has 1 aliphatic heterocycles. The first-order valence-corrected chi connectivity index (χ1v) is 12.7. The van der Waals surface area contributed by atoms with Crippen molar-refractivity contribution in [2.75, 3.05) is 11.4 Å². The Morgan fingerprint density at radius 1 is 1.27 bits per heavy atom. The molecule has 8 nitrogen and oxygen atoms in total. The van der Waals surface area contributed by atoms with Gasteiger partial charge >= 0.3 is 0 Å². The van der Waals surface area contributed by atoms with E-state index in [0.29, 0.717) is 34.2 Å². The van der Waals surface area contributed by atoms with Crippen LogP contribution in [0.25, 0.3) is 0 Å². The van der Waals surface area contributed by atoms with Crippen LogP contribution in [-0.2, 0) is 4.79 Å². The highest BCUT2D eigenvalue weighted by molar-refractivity contribution is 6.30. The van der Waals surface area contributed by atoms with Crippen LogP contribution in [0.5, 0.6) is 0 Å². The van der Waals surface area contributed by atoms with Crippen molar-refractivity contribution in [1.82, 2.24) is 20.1 Å². The molecule has 2 saturated carbocycles. The molecule has 1 N–H and O–H groups in total. The molecular weight excluding hydrogens is 495 g/mol. The lowest BCUT2D eigenvalue weighted by molar-refractivity contribution is -0.118. The number of hydrogen-bond acceptors (Lipinski definition) is 5. The van der Waals surface area contributed by atoms with Crippen molar-refractivity contribution >= 4 is 29.2 Å². The summed E-state index contributed by atoms with van der Waals surface area (Å²) in [5.74, 6) is -0.205. The molecule has 1 saturated heterocycles. The van der Waals surface area contributed by atoms with Gasteiger partial charge in [0.05, 0.1) is 29.4 Å². The summed E-state index contributed by atoms with van der Waals surface area (Å²) in [6.45, 7) is 2.37. The Bertz CT molecular complexity index is 1460. The third kappa shape index (κ3) is 4.25. The molecule has 1 aromatic carbocycles. The van der Waals surface area contributed by atoms with Gasteiger partial charge < -0.3 is 5.32 Å². The number of anilines is 1. The third-order valence-electron chi connectivity index (χ3n) is 7.81. The number of amides is 2. The normalized spacial score (nSPS) is 24.7. The van der Waals surface area contributed by atoms with E-state index in [2.05, 4.69) is 21.5 Å². The lowest BCUT2D eigenvalue weighted by Gasteiger charge is -2.36. The van der Waals surface area contributed by atoms with E-state index in [1.807, 2.05) is 13.0 Å². The predicted molar refractivity (Wildman–Crippen MR) is 134 cm³/mol. The van der Waals surface area contributed by atoms with Crippen LogP contribution in [-0.4, -0.2) is 39.2 Å². The van der Waals surface area contributed by atoms with Crippen molar-refractivity contribution in [3.63, 3.8) is 0 Å². The van der Waals surface area contributed by atoms with E-state index in [9.17, 15) is 19.2 Å². The Morgan fingerprint density at radius 3 is 2.78 bits per heavy atom.